The number of carbonyl (C=O) groups excluding carboxylic acids is 1. The summed E-state index contributed by atoms with van der Waals surface area (Å²) in [5, 5.41) is 7.37. The fourth-order valence-corrected chi connectivity index (χ4v) is 4.18. The molecule has 1 saturated heterocycles. The molecule has 4 rings (SSSR count). The van der Waals surface area contributed by atoms with Crippen molar-refractivity contribution in [2.75, 3.05) is 37.3 Å². The first-order chi connectivity index (χ1) is 16.8. The Bertz CT molecular complexity index is 1110. The third-order valence-electron chi connectivity index (χ3n) is 6.31. The van der Waals surface area contributed by atoms with Gasteiger partial charge in [0, 0.05) is 17.8 Å². The molecule has 186 valence electrons. The molecule has 0 atom stereocenters. The minimum atomic E-state index is -0.323. The summed E-state index contributed by atoms with van der Waals surface area (Å²) in [7, 11) is 0. The molecular weight excluding hydrogens is 440 g/mol. The number of hydrogen-bond donors (Lipinski definition) is 2. The van der Waals surface area contributed by atoms with Crippen molar-refractivity contribution in [3.8, 4) is 5.75 Å². The van der Waals surface area contributed by atoms with E-state index >= 15 is 0 Å². The van der Waals surface area contributed by atoms with Crippen molar-refractivity contribution in [3.63, 3.8) is 0 Å². The van der Waals surface area contributed by atoms with Crippen LogP contribution in [0.25, 0.3) is 0 Å². The van der Waals surface area contributed by atoms with Gasteiger partial charge in [-0.3, -0.25) is 9.69 Å². The molecule has 1 aromatic heterocycles. The Morgan fingerprint density at radius 3 is 2.29 bits per heavy atom. The molecule has 0 spiro atoms. The van der Waals surface area contributed by atoms with Crippen LogP contribution in [-0.2, 0) is 5.41 Å². The summed E-state index contributed by atoms with van der Waals surface area (Å²) < 4.78 is 7.04. The lowest BCUT2D eigenvalue weighted by atomic mass is 9.87. The average molecular weight is 477 g/mol. The Morgan fingerprint density at radius 2 is 1.66 bits per heavy atom. The van der Waals surface area contributed by atoms with E-state index in [2.05, 4.69) is 41.1 Å². The lowest BCUT2D eigenvalue weighted by molar-refractivity contribution is 0.0948. The van der Waals surface area contributed by atoms with Crippen LogP contribution in [0.15, 0.2) is 48.5 Å². The van der Waals surface area contributed by atoms with Gasteiger partial charge in [0.25, 0.3) is 5.91 Å². The number of ether oxygens (including phenoxy) is 1. The van der Waals surface area contributed by atoms with Crippen molar-refractivity contribution in [2.24, 2.45) is 0 Å². The van der Waals surface area contributed by atoms with E-state index in [1.54, 1.807) is 12.1 Å². The number of rotatable bonds is 7. The van der Waals surface area contributed by atoms with Gasteiger partial charge >= 0.3 is 0 Å². The molecule has 3 N–H and O–H groups in total. The van der Waals surface area contributed by atoms with Crippen LogP contribution >= 0.6 is 0 Å². The molecule has 1 aliphatic heterocycles. The van der Waals surface area contributed by atoms with Crippen LogP contribution in [-0.4, -0.2) is 51.8 Å². The van der Waals surface area contributed by atoms with Gasteiger partial charge in [-0.1, -0.05) is 45.7 Å². The number of carbonyl (C=O) groups is 1. The number of nitrogens with two attached hydrogens (primary N) is 1. The molecule has 2 heterocycles. The molecule has 0 radical (unpaired) electrons. The van der Waals surface area contributed by atoms with Gasteiger partial charge in [0.2, 0.25) is 11.9 Å². The maximum absolute atomic E-state index is 12.9. The first-order valence-electron chi connectivity index (χ1n) is 12.4. The molecule has 0 aliphatic carbocycles. The quantitative estimate of drug-likeness (QED) is 0.503. The summed E-state index contributed by atoms with van der Waals surface area (Å²) in [5.41, 5.74) is 8.43. The minimum Gasteiger partial charge on any atom is -0.492 e. The normalized spacial score (nSPS) is 14.9. The molecule has 0 bridgehead atoms. The van der Waals surface area contributed by atoms with E-state index in [-0.39, 0.29) is 23.2 Å². The third-order valence-corrected chi connectivity index (χ3v) is 6.31. The number of nitrogen functional groups attached to an aromatic ring is 1. The molecule has 0 amide bonds. The van der Waals surface area contributed by atoms with Crippen molar-refractivity contribution >= 4 is 23.5 Å². The van der Waals surface area contributed by atoms with Gasteiger partial charge in [0.15, 0.2) is 0 Å². The predicted octanol–water partition coefficient (Wildman–Crippen LogP) is 4.84. The average Bonchev–Trinajstić information content (AvgIpc) is 3.02. The van der Waals surface area contributed by atoms with E-state index in [9.17, 15) is 4.79 Å². The molecule has 1 fully saturated rings. The number of hydrogen-bond acceptors (Lipinski definition) is 7. The summed E-state index contributed by atoms with van der Waals surface area (Å²) in [4.78, 5) is 19.6. The van der Waals surface area contributed by atoms with Crippen LogP contribution in [0.5, 0.6) is 5.75 Å². The summed E-state index contributed by atoms with van der Waals surface area (Å²) >= 11 is 0. The molecule has 0 saturated carbocycles. The monoisotopic (exact) mass is 476 g/mol. The van der Waals surface area contributed by atoms with E-state index in [4.69, 9.17) is 10.5 Å². The van der Waals surface area contributed by atoms with Crippen LogP contribution in [0.4, 0.5) is 17.6 Å². The smallest absolute Gasteiger partial charge is 0.281 e. The van der Waals surface area contributed by atoms with Crippen LogP contribution in [0.1, 0.15) is 62.4 Å². The predicted molar refractivity (Wildman–Crippen MR) is 139 cm³/mol. The second kappa shape index (κ2) is 10.9. The highest BCUT2D eigenvalue weighted by atomic mass is 16.5. The third kappa shape index (κ3) is 6.60. The Labute approximate surface area is 207 Å². The largest absolute Gasteiger partial charge is 0.492 e. The molecule has 1 aliphatic rings. The van der Waals surface area contributed by atoms with E-state index in [0.29, 0.717) is 12.2 Å². The van der Waals surface area contributed by atoms with Gasteiger partial charge < -0.3 is 15.8 Å². The summed E-state index contributed by atoms with van der Waals surface area (Å²) in [6.07, 6.45) is 5.24. The van der Waals surface area contributed by atoms with Crippen molar-refractivity contribution < 1.29 is 9.53 Å². The summed E-state index contributed by atoms with van der Waals surface area (Å²) in [5.74, 6) is 0.789. The maximum Gasteiger partial charge on any atom is 0.281 e. The Balaban J connectivity index is 1.33. The molecule has 8 nitrogen and oxygen atoms in total. The summed E-state index contributed by atoms with van der Waals surface area (Å²) in [6.45, 7) is 10.4. The number of aromatic nitrogens is 3. The van der Waals surface area contributed by atoms with Gasteiger partial charge in [0.1, 0.15) is 12.4 Å². The molecule has 3 aromatic rings. The lowest BCUT2D eigenvalue weighted by Gasteiger charge is -2.19. The zero-order valence-corrected chi connectivity index (χ0v) is 21.0. The SMILES string of the molecule is CC(C)(C)c1ccc(C(=O)n2nc(Nc3ccc(OCCN4CCCCCC4)cc3)nc2N)cc1. The van der Waals surface area contributed by atoms with Crippen LogP contribution < -0.4 is 15.8 Å². The summed E-state index contributed by atoms with van der Waals surface area (Å²) in [6, 6.07) is 15.1. The maximum atomic E-state index is 12.9. The molecular formula is C27H36N6O2. The van der Waals surface area contributed by atoms with Crippen LogP contribution in [0.2, 0.25) is 0 Å². The standard InChI is InChI=1S/C27H36N6O2/c1-27(2,3)21-10-8-20(9-11-21)24(34)33-25(28)30-26(31-33)29-22-12-14-23(15-13-22)35-19-18-32-16-6-4-5-7-17-32/h8-15H,4-7,16-19H2,1-3H3,(H3,28,29,30,31). The Kier molecular flexibility index (Phi) is 7.70. The highest BCUT2D eigenvalue weighted by molar-refractivity contribution is 5.96. The zero-order chi connectivity index (χ0) is 24.8. The van der Waals surface area contributed by atoms with E-state index in [0.717, 1.165) is 28.2 Å². The number of nitrogens with one attached hydrogen (secondary N) is 1. The highest BCUT2D eigenvalue weighted by Crippen LogP contribution is 2.23. The minimum absolute atomic E-state index is 0.0122. The number of likely N-dealkylation sites (tertiary alicyclic amines) is 1. The van der Waals surface area contributed by atoms with E-state index in [1.165, 1.54) is 38.8 Å². The molecule has 2 aromatic carbocycles. The topological polar surface area (TPSA) is 98.3 Å². The first kappa shape index (κ1) is 24.7. The number of benzene rings is 2. The van der Waals surface area contributed by atoms with Gasteiger partial charge in [-0.15, -0.1) is 5.10 Å². The molecule has 35 heavy (non-hydrogen) atoms. The lowest BCUT2D eigenvalue weighted by Crippen LogP contribution is -2.29. The van der Waals surface area contributed by atoms with E-state index < -0.39 is 0 Å². The molecule has 0 unspecified atom stereocenters. The number of anilines is 3. The van der Waals surface area contributed by atoms with Crippen molar-refractivity contribution in [1.82, 2.24) is 19.7 Å². The molecule has 8 heteroatoms. The van der Waals surface area contributed by atoms with Gasteiger partial charge in [-0.25, -0.2) is 0 Å². The van der Waals surface area contributed by atoms with Gasteiger partial charge in [0.05, 0.1) is 0 Å². The fourth-order valence-electron chi connectivity index (χ4n) is 4.18. The fraction of sp³-hybridized carbons (Fsp3) is 0.444. The number of nitrogens with zero attached hydrogens (tertiary/aromatic N) is 4. The van der Waals surface area contributed by atoms with Gasteiger partial charge in [-0.2, -0.15) is 9.67 Å². The van der Waals surface area contributed by atoms with Crippen molar-refractivity contribution in [2.45, 2.75) is 51.9 Å². The highest BCUT2D eigenvalue weighted by Gasteiger charge is 2.18. The second-order valence-electron chi connectivity index (χ2n) is 10.1. The van der Waals surface area contributed by atoms with Crippen LogP contribution in [0, 0.1) is 0 Å². The van der Waals surface area contributed by atoms with E-state index in [1.807, 2.05) is 36.4 Å². The second-order valence-corrected chi connectivity index (χ2v) is 10.1. The Morgan fingerprint density at radius 1 is 1.00 bits per heavy atom. The van der Waals surface area contributed by atoms with Crippen molar-refractivity contribution in [3.05, 3.63) is 59.7 Å². The Hall–Kier alpha value is -3.39. The van der Waals surface area contributed by atoms with Crippen molar-refractivity contribution in [1.29, 1.82) is 0 Å². The van der Waals surface area contributed by atoms with Crippen LogP contribution in [0.3, 0.4) is 0 Å². The van der Waals surface area contributed by atoms with Gasteiger partial charge in [-0.05, 0) is 73.3 Å². The zero-order valence-electron chi connectivity index (χ0n) is 21.0. The first-order valence-corrected chi connectivity index (χ1v) is 12.4.